The van der Waals surface area contributed by atoms with Crippen LogP contribution in [-0.2, 0) is 0 Å². The quantitative estimate of drug-likeness (QED) is 0.748. The number of nitrogens with zero attached hydrogens (tertiary/aromatic N) is 2. The molecular formula is C9H6N2OS2. The summed E-state index contributed by atoms with van der Waals surface area (Å²) in [4.78, 5) is 11.7. The third kappa shape index (κ3) is 2.00. The number of hydrogen-bond acceptors (Lipinski definition) is 5. The van der Waals surface area contributed by atoms with Crippen molar-refractivity contribution in [1.29, 1.82) is 0 Å². The van der Waals surface area contributed by atoms with Crippen LogP contribution in [0.3, 0.4) is 0 Å². The second-order valence-electron chi connectivity index (χ2n) is 2.48. The van der Waals surface area contributed by atoms with Gasteiger partial charge in [-0.2, -0.15) is 0 Å². The highest BCUT2D eigenvalue weighted by molar-refractivity contribution is 8.01. The summed E-state index contributed by atoms with van der Waals surface area (Å²) in [5.74, 6) is 0. The predicted molar refractivity (Wildman–Crippen MR) is 55.9 cm³/mol. The summed E-state index contributed by atoms with van der Waals surface area (Å²) in [6.45, 7) is 0. The average molecular weight is 222 g/mol. The van der Waals surface area contributed by atoms with E-state index < -0.39 is 0 Å². The molecule has 0 saturated heterocycles. The smallest absolute Gasteiger partial charge is 0.172 e. The maximum Gasteiger partial charge on any atom is 0.172 e. The number of hydrogen-bond donors (Lipinski definition) is 0. The van der Waals surface area contributed by atoms with Gasteiger partial charge in [-0.15, -0.1) is 5.10 Å². The van der Waals surface area contributed by atoms with Crippen LogP contribution in [0, 0.1) is 0 Å². The van der Waals surface area contributed by atoms with Crippen LogP contribution in [-0.4, -0.2) is 15.9 Å². The molecule has 1 aromatic heterocycles. The lowest BCUT2D eigenvalue weighted by Crippen LogP contribution is -1.81. The predicted octanol–water partition coefficient (Wildman–Crippen LogP) is 2.50. The number of rotatable bonds is 3. The molecule has 14 heavy (non-hydrogen) atoms. The van der Waals surface area contributed by atoms with Gasteiger partial charge in [0.2, 0.25) is 0 Å². The molecule has 0 radical (unpaired) electrons. The highest BCUT2D eigenvalue weighted by atomic mass is 32.2. The van der Waals surface area contributed by atoms with E-state index in [-0.39, 0.29) is 0 Å². The maximum atomic E-state index is 10.6. The van der Waals surface area contributed by atoms with E-state index in [0.29, 0.717) is 5.69 Å². The van der Waals surface area contributed by atoms with Crippen molar-refractivity contribution in [2.75, 3.05) is 0 Å². The van der Waals surface area contributed by atoms with Crippen molar-refractivity contribution in [2.24, 2.45) is 0 Å². The molecule has 0 aliphatic rings. The van der Waals surface area contributed by atoms with Gasteiger partial charge in [-0.25, -0.2) is 0 Å². The molecule has 0 amide bonds. The fourth-order valence-electron chi connectivity index (χ4n) is 0.927. The molecule has 0 saturated carbocycles. The van der Waals surface area contributed by atoms with Crippen molar-refractivity contribution in [3.05, 3.63) is 36.0 Å². The summed E-state index contributed by atoms with van der Waals surface area (Å²) >= 11 is 2.75. The Morgan fingerprint density at radius 1 is 1.29 bits per heavy atom. The molecule has 0 aliphatic carbocycles. The standard InChI is InChI=1S/C9H6N2OS2/c12-6-8-9(14-11-10-8)13-7-4-2-1-3-5-7/h1-6H. The summed E-state index contributed by atoms with van der Waals surface area (Å²) in [5, 5.41) is 3.71. The molecule has 0 fully saturated rings. The van der Waals surface area contributed by atoms with Crippen LogP contribution >= 0.6 is 23.3 Å². The van der Waals surface area contributed by atoms with Crippen LogP contribution in [0.5, 0.6) is 0 Å². The minimum absolute atomic E-state index is 0.420. The molecule has 0 bridgehead atoms. The van der Waals surface area contributed by atoms with Crippen molar-refractivity contribution in [3.8, 4) is 0 Å². The van der Waals surface area contributed by atoms with E-state index in [2.05, 4.69) is 9.59 Å². The SMILES string of the molecule is O=Cc1nnsc1Sc1ccccc1. The molecular weight excluding hydrogens is 216 g/mol. The molecule has 1 aromatic carbocycles. The van der Waals surface area contributed by atoms with Gasteiger partial charge in [0.15, 0.2) is 12.0 Å². The van der Waals surface area contributed by atoms with Crippen molar-refractivity contribution in [3.63, 3.8) is 0 Å². The number of carbonyl (C=O) groups is 1. The van der Waals surface area contributed by atoms with Gasteiger partial charge in [-0.1, -0.05) is 34.4 Å². The van der Waals surface area contributed by atoms with Gasteiger partial charge in [-0.05, 0) is 23.7 Å². The van der Waals surface area contributed by atoms with E-state index in [1.54, 1.807) is 0 Å². The fraction of sp³-hybridized carbons (Fsp3) is 0. The topological polar surface area (TPSA) is 42.9 Å². The highest BCUT2D eigenvalue weighted by Gasteiger charge is 2.07. The lowest BCUT2D eigenvalue weighted by atomic mass is 10.4. The summed E-state index contributed by atoms with van der Waals surface area (Å²) < 4.78 is 4.57. The minimum atomic E-state index is 0.420. The monoisotopic (exact) mass is 222 g/mol. The van der Waals surface area contributed by atoms with Crippen molar-refractivity contribution in [2.45, 2.75) is 9.10 Å². The number of aldehydes is 1. The minimum Gasteiger partial charge on any atom is -0.296 e. The molecule has 0 unspecified atom stereocenters. The molecule has 0 atom stereocenters. The van der Waals surface area contributed by atoms with Gasteiger partial charge in [0.1, 0.15) is 4.21 Å². The zero-order valence-corrected chi connectivity index (χ0v) is 8.72. The summed E-state index contributed by atoms with van der Waals surface area (Å²) in [6.07, 6.45) is 0.731. The van der Waals surface area contributed by atoms with E-state index in [1.807, 2.05) is 30.3 Å². The zero-order valence-electron chi connectivity index (χ0n) is 7.08. The first-order valence-corrected chi connectivity index (χ1v) is 5.49. The number of benzene rings is 1. The molecule has 70 valence electrons. The Hall–Kier alpha value is -1.20. The Morgan fingerprint density at radius 3 is 2.79 bits per heavy atom. The third-order valence-electron chi connectivity index (χ3n) is 1.55. The van der Waals surface area contributed by atoms with E-state index in [4.69, 9.17) is 0 Å². The summed E-state index contributed by atoms with van der Waals surface area (Å²) in [7, 11) is 0. The van der Waals surface area contributed by atoms with Gasteiger partial charge < -0.3 is 0 Å². The lowest BCUT2D eigenvalue weighted by Gasteiger charge is -1.95. The van der Waals surface area contributed by atoms with Crippen LogP contribution in [0.4, 0.5) is 0 Å². The summed E-state index contributed by atoms with van der Waals surface area (Å²) in [5.41, 5.74) is 0.420. The molecule has 0 aliphatic heterocycles. The second kappa shape index (κ2) is 4.34. The van der Waals surface area contributed by atoms with Crippen LogP contribution in [0.1, 0.15) is 10.5 Å². The van der Waals surface area contributed by atoms with Gasteiger partial charge in [0, 0.05) is 4.90 Å². The van der Waals surface area contributed by atoms with Crippen LogP contribution in [0.25, 0.3) is 0 Å². The molecule has 2 rings (SSSR count). The van der Waals surface area contributed by atoms with E-state index in [1.165, 1.54) is 23.3 Å². The first-order chi connectivity index (χ1) is 6.90. The van der Waals surface area contributed by atoms with Crippen LogP contribution in [0.2, 0.25) is 0 Å². The molecule has 0 N–H and O–H groups in total. The molecule has 0 spiro atoms. The number of carbonyl (C=O) groups excluding carboxylic acids is 1. The van der Waals surface area contributed by atoms with Gasteiger partial charge in [0.05, 0.1) is 0 Å². The van der Waals surface area contributed by atoms with Gasteiger partial charge in [0.25, 0.3) is 0 Å². The lowest BCUT2D eigenvalue weighted by molar-refractivity contribution is 0.111. The van der Waals surface area contributed by atoms with E-state index in [0.717, 1.165) is 15.4 Å². The fourth-order valence-corrected chi connectivity index (χ4v) is 2.55. The maximum absolute atomic E-state index is 10.6. The Bertz CT molecular complexity index is 427. The number of aromatic nitrogens is 2. The second-order valence-corrected chi connectivity index (χ2v) is 4.57. The van der Waals surface area contributed by atoms with Gasteiger partial charge >= 0.3 is 0 Å². The largest absolute Gasteiger partial charge is 0.296 e. The zero-order chi connectivity index (χ0) is 9.80. The van der Waals surface area contributed by atoms with E-state index >= 15 is 0 Å². The Balaban J connectivity index is 2.23. The highest BCUT2D eigenvalue weighted by Crippen LogP contribution is 2.31. The molecule has 5 heteroatoms. The first-order valence-electron chi connectivity index (χ1n) is 3.90. The van der Waals surface area contributed by atoms with Crippen LogP contribution < -0.4 is 0 Å². The molecule has 3 nitrogen and oxygen atoms in total. The normalized spacial score (nSPS) is 10.0. The van der Waals surface area contributed by atoms with Crippen molar-refractivity contribution >= 4 is 29.6 Å². The van der Waals surface area contributed by atoms with E-state index in [9.17, 15) is 4.79 Å². The molecule has 1 heterocycles. The van der Waals surface area contributed by atoms with Crippen molar-refractivity contribution < 1.29 is 4.79 Å². The molecule has 2 aromatic rings. The van der Waals surface area contributed by atoms with Gasteiger partial charge in [-0.3, -0.25) is 4.79 Å². The Kier molecular flexibility index (Phi) is 2.90. The third-order valence-corrected chi connectivity index (χ3v) is 3.46. The first kappa shape index (κ1) is 9.36. The Morgan fingerprint density at radius 2 is 2.07 bits per heavy atom. The van der Waals surface area contributed by atoms with Crippen molar-refractivity contribution in [1.82, 2.24) is 9.59 Å². The average Bonchev–Trinajstić information content (AvgIpc) is 2.67. The summed E-state index contributed by atoms with van der Waals surface area (Å²) in [6, 6.07) is 9.84. The van der Waals surface area contributed by atoms with Crippen LogP contribution in [0.15, 0.2) is 39.4 Å². The Labute approximate surface area is 89.3 Å².